The molecule has 0 aliphatic carbocycles. The van der Waals surface area contributed by atoms with Gasteiger partial charge in [0.15, 0.2) is 0 Å². The number of amides is 1. The van der Waals surface area contributed by atoms with E-state index in [1.807, 2.05) is 0 Å². The molecule has 0 unspecified atom stereocenters. The van der Waals surface area contributed by atoms with E-state index in [-0.39, 0.29) is 5.56 Å². The predicted molar refractivity (Wildman–Crippen MR) is 58.1 cm³/mol. The highest BCUT2D eigenvalue weighted by molar-refractivity contribution is 6.31. The summed E-state index contributed by atoms with van der Waals surface area (Å²) in [4.78, 5) is 24.8. The molecule has 0 radical (unpaired) electrons. The number of hydrogen-bond acceptors (Lipinski definition) is 2. The van der Waals surface area contributed by atoms with Gasteiger partial charge < -0.3 is 10.7 Å². The fourth-order valence-corrected chi connectivity index (χ4v) is 1.54. The van der Waals surface area contributed by atoms with Crippen molar-refractivity contribution >= 4 is 28.4 Å². The van der Waals surface area contributed by atoms with Crippen LogP contribution < -0.4 is 11.3 Å². The number of carbonyl (C=O) groups excluding carboxylic acids is 1. The second-order valence-corrected chi connectivity index (χ2v) is 3.54. The molecular formula is C10H7ClN2O2. The summed E-state index contributed by atoms with van der Waals surface area (Å²) in [5.74, 6) is -0.752. The number of fused-ring (bicyclic) bond motifs is 1. The first-order valence-electron chi connectivity index (χ1n) is 4.20. The zero-order chi connectivity index (χ0) is 11.0. The lowest BCUT2D eigenvalue weighted by Gasteiger charge is -2.00. The number of primary amides is 1. The molecule has 0 aliphatic heterocycles. The smallest absolute Gasteiger partial charge is 0.261 e. The standard InChI is InChI=1S/C10H7ClN2O2/c11-6-1-2-8-5(3-6)4-7(9(12)14)10(15)13-8/h1-4H,(H2,12,14)(H,13,15). The van der Waals surface area contributed by atoms with Gasteiger partial charge in [0.25, 0.3) is 11.5 Å². The first kappa shape index (κ1) is 9.73. The zero-order valence-corrected chi connectivity index (χ0v) is 8.34. The average molecular weight is 223 g/mol. The van der Waals surface area contributed by atoms with Gasteiger partial charge in [-0.15, -0.1) is 0 Å². The maximum absolute atomic E-state index is 11.4. The van der Waals surface area contributed by atoms with Gasteiger partial charge in [-0.25, -0.2) is 0 Å². The highest BCUT2D eigenvalue weighted by atomic mass is 35.5. The zero-order valence-electron chi connectivity index (χ0n) is 7.58. The summed E-state index contributed by atoms with van der Waals surface area (Å²) >= 11 is 5.78. The number of aromatic nitrogens is 1. The normalized spacial score (nSPS) is 10.5. The van der Waals surface area contributed by atoms with E-state index in [1.165, 1.54) is 6.07 Å². The summed E-state index contributed by atoms with van der Waals surface area (Å²) in [5.41, 5.74) is 5.12. The molecule has 0 bridgehead atoms. The Bertz CT molecular complexity index is 604. The lowest BCUT2D eigenvalue weighted by molar-refractivity contribution is 0.0999. The van der Waals surface area contributed by atoms with Crippen molar-refractivity contribution in [2.75, 3.05) is 0 Å². The summed E-state index contributed by atoms with van der Waals surface area (Å²) in [5, 5.41) is 1.21. The molecule has 0 aliphatic rings. The van der Waals surface area contributed by atoms with Crippen LogP contribution >= 0.6 is 11.6 Å². The minimum absolute atomic E-state index is 0.0650. The molecule has 76 valence electrons. The van der Waals surface area contributed by atoms with E-state index in [9.17, 15) is 9.59 Å². The maximum atomic E-state index is 11.4. The molecule has 1 aromatic carbocycles. The van der Waals surface area contributed by atoms with Crippen LogP contribution in [0.5, 0.6) is 0 Å². The fraction of sp³-hybridized carbons (Fsp3) is 0. The minimum Gasteiger partial charge on any atom is -0.365 e. The predicted octanol–water partition coefficient (Wildman–Crippen LogP) is 1.28. The molecule has 2 rings (SSSR count). The molecule has 3 N–H and O–H groups in total. The van der Waals surface area contributed by atoms with E-state index >= 15 is 0 Å². The number of rotatable bonds is 1. The number of aromatic amines is 1. The van der Waals surface area contributed by atoms with Crippen LogP contribution in [0.15, 0.2) is 29.1 Å². The number of nitrogens with one attached hydrogen (secondary N) is 1. The van der Waals surface area contributed by atoms with Crippen molar-refractivity contribution in [2.24, 2.45) is 5.73 Å². The largest absolute Gasteiger partial charge is 0.365 e. The molecule has 5 heteroatoms. The molecule has 1 amide bonds. The van der Waals surface area contributed by atoms with Crippen LogP contribution in [0, 0.1) is 0 Å². The van der Waals surface area contributed by atoms with Gasteiger partial charge in [-0.05, 0) is 24.3 Å². The summed E-state index contributed by atoms with van der Waals surface area (Å²) < 4.78 is 0. The molecule has 0 saturated heterocycles. The number of nitrogens with two attached hydrogens (primary N) is 1. The van der Waals surface area contributed by atoms with Gasteiger partial charge in [0.05, 0.1) is 0 Å². The third-order valence-electron chi connectivity index (χ3n) is 2.07. The van der Waals surface area contributed by atoms with Crippen molar-refractivity contribution in [1.29, 1.82) is 0 Å². The van der Waals surface area contributed by atoms with Crippen LogP contribution in [0.4, 0.5) is 0 Å². The van der Waals surface area contributed by atoms with Crippen molar-refractivity contribution in [3.63, 3.8) is 0 Å². The SMILES string of the molecule is NC(=O)c1cc2cc(Cl)ccc2[nH]c1=O. The summed E-state index contributed by atoms with van der Waals surface area (Å²) in [6.45, 7) is 0. The monoisotopic (exact) mass is 222 g/mol. The maximum Gasteiger partial charge on any atom is 0.261 e. The lowest BCUT2D eigenvalue weighted by atomic mass is 10.1. The van der Waals surface area contributed by atoms with E-state index in [1.54, 1.807) is 18.2 Å². The van der Waals surface area contributed by atoms with E-state index in [4.69, 9.17) is 17.3 Å². The van der Waals surface area contributed by atoms with E-state index in [0.29, 0.717) is 15.9 Å². The first-order chi connectivity index (χ1) is 7.08. The Balaban J connectivity index is 2.83. The Morgan fingerprint density at radius 1 is 1.33 bits per heavy atom. The van der Waals surface area contributed by atoms with Crippen LogP contribution in [-0.4, -0.2) is 10.9 Å². The number of hydrogen-bond donors (Lipinski definition) is 2. The lowest BCUT2D eigenvalue weighted by Crippen LogP contribution is -2.23. The number of benzene rings is 1. The highest BCUT2D eigenvalue weighted by Crippen LogP contribution is 2.16. The molecule has 1 heterocycles. The van der Waals surface area contributed by atoms with Gasteiger partial charge in [-0.2, -0.15) is 0 Å². The van der Waals surface area contributed by atoms with Crippen LogP contribution in [0.25, 0.3) is 10.9 Å². The summed E-state index contributed by atoms with van der Waals surface area (Å²) in [6, 6.07) is 6.41. The topological polar surface area (TPSA) is 76.0 Å². The highest BCUT2D eigenvalue weighted by Gasteiger charge is 2.07. The van der Waals surface area contributed by atoms with Gasteiger partial charge in [0.1, 0.15) is 5.56 Å². The Hall–Kier alpha value is -1.81. The molecule has 15 heavy (non-hydrogen) atoms. The third-order valence-corrected chi connectivity index (χ3v) is 2.31. The molecule has 0 spiro atoms. The summed E-state index contributed by atoms with van der Waals surface area (Å²) in [7, 11) is 0. The van der Waals surface area contributed by atoms with E-state index in [0.717, 1.165) is 0 Å². The van der Waals surface area contributed by atoms with Gasteiger partial charge in [-0.1, -0.05) is 11.6 Å². The van der Waals surface area contributed by atoms with Crippen molar-refractivity contribution in [3.05, 3.63) is 45.2 Å². The number of pyridine rings is 1. The second kappa shape index (κ2) is 3.40. The average Bonchev–Trinajstić information content (AvgIpc) is 2.17. The summed E-state index contributed by atoms with van der Waals surface area (Å²) in [6.07, 6.45) is 0. The van der Waals surface area contributed by atoms with Crippen molar-refractivity contribution in [3.8, 4) is 0 Å². The molecule has 4 nitrogen and oxygen atoms in total. The third kappa shape index (κ3) is 1.71. The Morgan fingerprint density at radius 3 is 2.73 bits per heavy atom. The Morgan fingerprint density at radius 2 is 2.07 bits per heavy atom. The van der Waals surface area contributed by atoms with Gasteiger partial charge in [-0.3, -0.25) is 9.59 Å². The number of halogens is 1. The van der Waals surface area contributed by atoms with Crippen molar-refractivity contribution < 1.29 is 4.79 Å². The molecule has 0 saturated carbocycles. The second-order valence-electron chi connectivity index (χ2n) is 3.11. The van der Waals surface area contributed by atoms with Crippen molar-refractivity contribution in [1.82, 2.24) is 4.98 Å². The van der Waals surface area contributed by atoms with Gasteiger partial charge >= 0.3 is 0 Å². The van der Waals surface area contributed by atoms with E-state index in [2.05, 4.69) is 4.98 Å². The molecule has 0 atom stereocenters. The quantitative estimate of drug-likeness (QED) is 0.763. The van der Waals surface area contributed by atoms with Crippen LogP contribution in [0.2, 0.25) is 5.02 Å². The van der Waals surface area contributed by atoms with Crippen molar-refractivity contribution in [2.45, 2.75) is 0 Å². The number of carbonyl (C=O) groups is 1. The molecule has 1 aromatic heterocycles. The van der Waals surface area contributed by atoms with Crippen LogP contribution in [-0.2, 0) is 0 Å². The van der Waals surface area contributed by atoms with Gasteiger partial charge in [0.2, 0.25) is 0 Å². The Kier molecular flexibility index (Phi) is 2.21. The number of H-pyrrole nitrogens is 1. The van der Waals surface area contributed by atoms with Crippen LogP contribution in [0.3, 0.4) is 0 Å². The minimum atomic E-state index is -0.752. The fourth-order valence-electron chi connectivity index (χ4n) is 1.36. The molecule has 2 aromatic rings. The molecule has 0 fully saturated rings. The Labute approximate surface area is 89.7 Å². The van der Waals surface area contributed by atoms with Gasteiger partial charge in [0, 0.05) is 15.9 Å². The van der Waals surface area contributed by atoms with Crippen LogP contribution in [0.1, 0.15) is 10.4 Å². The first-order valence-corrected chi connectivity index (χ1v) is 4.58. The van der Waals surface area contributed by atoms with E-state index < -0.39 is 11.5 Å². The molecular weight excluding hydrogens is 216 g/mol.